The second-order valence-electron chi connectivity index (χ2n) is 4.34. The standard InChI is InChI=1S/C18H11Br2NO/c1-2-8-22-18-16(19)10-13(11-17(18)20)9-15(12-21)14-6-4-3-5-7-14/h1,3-7,9-11H,8H2/b15-9+. The van der Waals surface area contributed by atoms with E-state index in [1.807, 2.05) is 48.5 Å². The maximum atomic E-state index is 9.36. The molecule has 2 rings (SSSR count). The van der Waals surface area contributed by atoms with Gasteiger partial charge in [-0.1, -0.05) is 36.3 Å². The zero-order valence-corrected chi connectivity index (χ0v) is 14.7. The minimum Gasteiger partial charge on any atom is -0.479 e. The molecule has 0 bridgehead atoms. The molecule has 108 valence electrons. The van der Waals surface area contributed by atoms with Gasteiger partial charge in [0.2, 0.25) is 0 Å². The molecular formula is C18H11Br2NO. The van der Waals surface area contributed by atoms with Crippen LogP contribution in [-0.2, 0) is 0 Å². The van der Waals surface area contributed by atoms with Crippen LogP contribution in [0.2, 0.25) is 0 Å². The van der Waals surface area contributed by atoms with E-state index in [9.17, 15) is 5.26 Å². The molecule has 0 aliphatic rings. The summed E-state index contributed by atoms with van der Waals surface area (Å²) in [5.41, 5.74) is 2.36. The van der Waals surface area contributed by atoms with Crippen LogP contribution in [0.4, 0.5) is 0 Å². The summed E-state index contributed by atoms with van der Waals surface area (Å²) in [4.78, 5) is 0. The molecule has 0 radical (unpaired) electrons. The Morgan fingerprint density at radius 2 is 1.82 bits per heavy atom. The highest BCUT2D eigenvalue weighted by Crippen LogP contribution is 2.35. The smallest absolute Gasteiger partial charge is 0.149 e. The number of ether oxygens (including phenoxy) is 1. The van der Waals surface area contributed by atoms with Crippen LogP contribution < -0.4 is 4.74 Å². The summed E-state index contributed by atoms with van der Waals surface area (Å²) in [6.45, 7) is 0.194. The summed E-state index contributed by atoms with van der Waals surface area (Å²) in [5.74, 6) is 3.08. The Kier molecular flexibility index (Phi) is 5.83. The summed E-state index contributed by atoms with van der Waals surface area (Å²) in [6, 6.07) is 15.5. The van der Waals surface area contributed by atoms with Crippen LogP contribution in [-0.4, -0.2) is 6.61 Å². The van der Waals surface area contributed by atoms with Gasteiger partial charge in [0.15, 0.2) is 0 Å². The van der Waals surface area contributed by atoms with Crippen molar-refractivity contribution < 1.29 is 4.74 Å². The van der Waals surface area contributed by atoms with Crippen LogP contribution >= 0.6 is 31.9 Å². The third-order valence-corrected chi connectivity index (χ3v) is 4.01. The molecule has 2 aromatic carbocycles. The second kappa shape index (κ2) is 7.84. The van der Waals surface area contributed by atoms with E-state index >= 15 is 0 Å². The van der Waals surface area contributed by atoms with Gasteiger partial charge in [0.1, 0.15) is 12.4 Å². The lowest BCUT2D eigenvalue weighted by atomic mass is 10.0. The van der Waals surface area contributed by atoms with E-state index in [0.29, 0.717) is 11.3 Å². The van der Waals surface area contributed by atoms with Crippen molar-refractivity contribution in [3.63, 3.8) is 0 Å². The first-order valence-electron chi connectivity index (χ1n) is 6.38. The van der Waals surface area contributed by atoms with E-state index in [1.165, 1.54) is 0 Å². The van der Waals surface area contributed by atoms with E-state index in [4.69, 9.17) is 11.2 Å². The molecule has 0 aromatic heterocycles. The Labute approximate surface area is 146 Å². The van der Waals surface area contributed by atoms with E-state index in [2.05, 4.69) is 43.8 Å². The summed E-state index contributed by atoms with van der Waals surface area (Å²) in [6.07, 6.45) is 7.03. The lowest BCUT2D eigenvalue weighted by Crippen LogP contribution is -1.95. The van der Waals surface area contributed by atoms with Crippen LogP contribution in [0.3, 0.4) is 0 Å². The largest absolute Gasteiger partial charge is 0.479 e. The van der Waals surface area contributed by atoms with E-state index in [-0.39, 0.29) is 6.61 Å². The minimum absolute atomic E-state index is 0.194. The van der Waals surface area contributed by atoms with Crippen LogP contribution in [0.1, 0.15) is 11.1 Å². The fourth-order valence-corrected chi connectivity index (χ4v) is 3.33. The van der Waals surface area contributed by atoms with Crippen molar-refractivity contribution >= 4 is 43.5 Å². The quantitative estimate of drug-likeness (QED) is 0.385. The highest BCUT2D eigenvalue weighted by molar-refractivity contribution is 9.11. The predicted octanol–water partition coefficient (Wildman–Crippen LogP) is 5.29. The minimum atomic E-state index is 0.194. The van der Waals surface area contributed by atoms with Crippen LogP contribution in [0, 0.1) is 23.7 Å². The third-order valence-electron chi connectivity index (χ3n) is 2.84. The topological polar surface area (TPSA) is 33.0 Å². The van der Waals surface area contributed by atoms with Crippen LogP contribution in [0.5, 0.6) is 5.75 Å². The number of allylic oxidation sites excluding steroid dienone is 1. The van der Waals surface area contributed by atoms with Crippen molar-refractivity contribution in [2.45, 2.75) is 0 Å². The first kappa shape index (κ1) is 16.4. The summed E-state index contributed by atoms with van der Waals surface area (Å²) < 4.78 is 7.02. The Hall–Kier alpha value is -2.01. The SMILES string of the molecule is C#CCOc1c(Br)cc(/C=C(\C#N)c2ccccc2)cc1Br. The Balaban J connectivity index is 2.40. The number of rotatable bonds is 4. The number of terminal acetylenes is 1. The molecule has 0 heterocycles. The molecule has 4 heteroatoms. The monoisotopic (exact) mass is 415 g/mol. The Morgan fingerprint density at radius 3 is 2.36 bits per heavy atom. The van der Waals surface area contributed by atoms with Crippen LogP contribution in [0.15, 0.2) is 51.4 Å². The number of hydrogen-bond acceptors (Lipinski definition) is 2. The van der Waals surface area contributed by atoms with Gasteiger partial charge < -0.3 is 4.74 Å². The van der Waals surface area contributed by atoms with Gasteiger partial charge in [-0.05, 0) is 61.2 Å². The van der Waals surface area contributed by atoms with Crippen molar-refractivity contribution in [1.29, 1.82) is 5.26 Å². The fourth-order valence-electron chi connectivity index (χ4n) is 1.88. The predicted molar refractivity (Wildman–Crippen MR) is 96.1 cm³/mol. The summed E-state index contributed by atoms with van der Waals surface area (Å²) in [7, 11) is 0. The first-order valence-corrected chi connectivity index (χ1v) is 7.97. The maximum Gasteiger partial charge on any atom is 0.149 e. The Bertz CT molecular complexity index is 760. The lowest BCUT2D eigenvalue weighted by molar-refractivity contribution is 0.365. The summed E-state index contributed by atoms with van der Waals surface area (Å²) in [5, 5.41) is 9.36. The zero-order valence-electron chi connectivity index (χ0n) is 11.5. The molecule has 0 aliphatic heterocycles. The highest BCUT2D eigenvalue weighted by Gasteiger charge is 2.09. The Morgan fingerprint density at radius 1 is 1.18 bits per heavy atom. The van der Waals surface area contributed by atoms with Gasteiger partial charge in [-0.25, -0.2) is 0 Å². The van der Waals surface area contributed by atoms with Gasteiger partial charge in [0.05, 0.1) is 20.6 Å². The van der Waals surface area contributed by atoms with Crippen molar-refractivity contribution in [1.82, 2.24) is 0 Å². The highest BCUT2D eigenvalue weighted by atomic mass is 79.9. The molecule has 0 saturated carbocycles. The molecule has 0 fully saturated rings. The third kappa shape index (κ3) is 4.01. The molecule has 0 amide bonds. The van der Waals surface area contributed by atoms with Gasteiger partial charge in [-0.2, -0.15) is 5.26 Å². The number of hydrogen-bond donors (Lipinski definition) is 0. The molecule has 0 unspecified atom stereocenters. The zero-order chi connectivity index (χ0) is 15.9. The number of halogens is 2. The molecule has 0 N–H and O–H groups in total. The molecule has 0 aliphatic carbocycles. The molecule has 2 aromatic rings. The van der Waals surface area contributed by atoms with E-state index in [1.54, 1.807) is 0 Å². The van der Waals surface area contributed by atoms with Crippen molar-refractivity contribution in [2.75, 3.05) is 6.61 Å². The van der Waals surface area contributed by atoms with Gasteiger partial charge in [-0.15, -0.1) is 6.42 Å². The number of nitrogens with zero attached hydrogens (tertiary/aromatic N) is 1. The average molecular weight is 417 g/mol. The van der Waals surface area contributed by atoms with Crippen LogP contribution in [0.25, 0.3) is 11.6 Å². The fraction of sp³-hybridized carbons (Fsp3) is 0.0556. The number of nitriles is 1. The average Bonchev–Trinajstić information content (AvgIpc) is 2.53. The van der Waals surface area contributed by atoms with Gasteiger partial charge in [0.25, 0.3) is 0 Å². The van der Waals surface area contributed by atoms with Crippen molar-refractivity contribution in [3.05, 3.63) is 62.5 Å². The molecule has 2 nitrogen and oxygen atoms in total. The normalized spacial score (nSPS) is 10.6. The molecule has 0 atom stereocenters. The lowest BCUT2D eigenvalue weighted by Gasteiger charge is -2.09. The van der Waals surface area contributed by atoms with Crippen molar-refractivity contribution in [2.24, 2.45) is 0 Å². The molecule has 22 heavy (non-hydrogen) atoms. The first-order chi connectivity index (χ1) is 10.7. The van der Waals surface area contributed by atoms with E-state index in [0.717, 1.165) is 20.1 Å². The van der Waals surface area contributed by atoms with Crippen molar-refractivity contribution in [3.8, 4) is 24.2 Å². The number of benzene rings is 2. The van der Waals surface area contributed by atoms with E-state index < -0.39 is 0 Å². The van der Waals surface area contributed by atoms with Gasteiger partial charge in [-0.3, -0.25) is 0 Å². The maximum absolute atomic E-state index is 9.36. The summed E-state index contributed by atoms with van der Waals surface area (Å²) >= 11 is 6.92. The second-order valence-corrected chi connectivity index (χ2v) is 6.05. The molecular weight excluding hydrogens is 406 g/mol. The van der Waals surface area contributed by atoms with Gasteiger partial charge >= 0.3 is 0 Å². The van der Waals surface area contributed by atoms with Gasteiger partial charge in [0, 0.05) is 0 Å². The molecule has 0 saturated heterocycles. The molecule has 0 spiro atoms.